The minimum atomic E-state index is -3.89. The highest BCUT2D eigenvalue weighted by molar-refractivity contribution is 8.13. The third kappa shape index (κ3) is 2.87. The molecule has 1 amide bonds. The van der Waals surface area contributed by atoms with E-state index < -0.39 is 9.05 Å². The van der Waals surface area contributed by atoms with Crippen molar-refractivity contribution < 1.29 is 13.2 Å². The molecule has 0 aliphatic heterocycles. The van der Waals surface area contributed by atoms with Gasteiger partial charge < -0.3 is 4.90 Å². The van der Waals surface area contributed by atoms with Crippen LogP contribution in [0.25, 0.3) is 0 Å². The van der Waals surface area contributed by atoms with Crippen LogP contribution in [0.4, 0.5) is 0 Å². The Morgan fingerprint density at radius 2 is 1.93 bits per heavy atom. The Bertz CT molecular complexity index is 469. The summed E-state index contributed by atoms with van der Waals surface area (Å²) >= 11 is 0. The summed E-state index contributed by atoms with van der Waals surface area (Å²) in [5, 5.41) is 6.42. The number of aromatic nitrogens is 2. The van der Waals surface area contributed by atoms with E-state index in [4.69, 9.17) is 10.7 Å². The number of hydrogen-bond donors (Lipinski definition) is 0. The first-order valence-electron chi connectivity index (χ1n) is 3.82. The lowest BCUT2D eigenvalue weighted by atomic mass is 10.3. The van der Waals surface area contributed by atoms with E-state index in [0.717, 1.165) is 6.07 Å². The molecule has 15 heavy (non-hydrogen) atoms. The molecule has 82 valence electrons. The zero-order valence-corrected chi connectivity index (χ0v) is 9.58. The molecule has 1 rings (SSSR count). The molecule has 0 aliphatic rings. The molecule has 8 heteroatoms. The number of carbonyl (C=O) groups excluding carboxylic acids is 1. The third-order valence-electron chi connectivity index (χ3n) is 1.52. The van der Waals surface area contributed by atoms with Gasteiger partial charge in [-0.3, -0.25) is 4.79 Å². The average molecular weight is 250 g/mol. The van der Waals surface area contributed by atoms with Gasteiger partial charge in [-0.2, -0.15) is 0 Å². The zero-order chi connectivity index (χ0) is 11.6. The van der Waals surface area contributed by atoms with Crippen LogP contribution in [0.15, 0.2) is 17.2 Å². The molecule has 1 aromatic heterocycles. The quantitative estimate of drug-likeness (QED) is 0.695. The molecule has 0 bridgehead atoms. The van der Waals surface area contributed by atoms with E-state index >= 15 is 0 Å². The lowest BCUT2D eigenvalue weighted by Crippen LogP contribution is -2.23. The summed E-state index contributed by atoms with van der Waals surface area (Å²) in [6, 6.07) is 2.39. The average Bonchev–Trinajstić information content (AvgIpc) is 2.15. The van der Waals surface area contributed by atoms with E-state index in [2.05, 4.69) is 10.2 Å². The fourth-order valence-electron chi connectivity index (χ4n) is 0.793. The van der Waals surface area contributed by atoms with Gasteiger partial charge in [0, 0.05) is 24.8 Å². The molecule has 0 saturated carbocycles. The molecule has 0 fully saturated rings. The van der Waals surface area contributed by atoms with Gasteiger partial charge in [-0.05, 0) is 12.1 Å². The van der Waals surface area contributed by atoms with Crippen molar-refractivity contribution in [1.82, 2.24) is 15.1 Å². The van der Waals surface area contributed by atoms with Gasteiger partial charge in [-0.15, -0.1) is 10.2 Å². The van der Waals surface area contributed by atoms with Crippen molar-refractivity contribution in [2.45, 2.75) is 5.03 Å². The molecular weight excluding hydrogens is 242 g/mol. The van der Waals surface area contributed by atoms with Crippen LogP contribution in [-0.2, 0) is 9.05 Å². The van der Waals surface area contributed by atoms with Gasteiger partial charge >= 0.3 is 0 Å². The molecule has 0 radical (unpaired) electrons. The number of amides is 1. The van der Waals surface area contributed by atoms with Gasteiger partial charge in [0.05, 0.1) is 0 Å². The number of nitrogens with zero attached hydrogens (tertiary/aromatic N) is 3. The van der Waals surface area contributed by atoms with E-state index in [0.29, 0.717) is 0 Å². The van der Waals surface area contributed by atoms with Crippen LogP contribution in [-0.4, -0.2) is 43.5 Å². The molecule has 0 saturated heterocycles. The molecular formula is C7H8ClN3O3S. The Kier molecular flexibility index (Phi) is 3.25. The predicted molar refractivity (Wildman–Crippen MR) is 53.1 cm³/mol. The Morgan fingerprint density at radius 3 is 2.27 bits per heavy atom. The second-order valence-electron chi connectivity index (χ2n) is 2.89. The number of rotatable bonds is 2. The molecule has 0 spiro atoms. The van der Waals surface area contributed by atoms with Crippen molar-refractivity contribution >= 4 is 25.6 Å². The van der Waals surface area contributed by atoms with Crippen LogP contribution in [0.1, 0.15) is 10.5 Å². The molecule has 1 aromatic rings. The maximum atomic E-state index is 11.3. The predicted octanol–water partition coefficient (Wildman–Crippen LogP) is 0.106. The first-order chi connectivity index (χ1) is 6.82. The van der Waals surface area contributed by atoms with Gasteiger partial charge in [0.25, 0.3) is 15.0 Å². The van der Waals surface area contributed by atoms with Crippen LogP contribution in [0.3, 0.4) is 0 Å². The Hall–Kier alpha value is -1.21. The maximum Gasteiger partial charge on any atom is 0.280 e. The second kappa shape index (κ2) is 4.11. The summed E-state index contributed by atoms with van der Waals surface area (Å²) in [6.07, 6.45) is 0. The van der Waals surface area contributed by atoms with Gasteiger partial charge in [-0.1, -0.05) is 0 Å². The van der Waals surface area contributed by atoms with Crippen molar-refractivity contribution in [1.29, 1.82) is 0 Å². The SMILES string of the molecule is CN(C)C(=O)c1ccc(S(=O)(=O)Cl)nn1. The Morgan fingerprint density at radius 1 is 1.33 bits per heavy atom. The summed E-state index contributed by atoms with van der Waals surface area (Å²) in [5.41, 5.74) is 0.0593. The van der Waals surface area contributed by atoms with Crippen molar-refractivity contribution in [3.8, 4) is 0 Å². The van der Waals surface area contributed by atoms with E-state index in [9.17, 15) is 13.2 Å². The summed E-state index contributed by atoms with van der Waals surface area (Å²) in [4.78, 5) is 12.7. The van der Waals surface area contributed by atoms with Crippen molar-refractivity contribution in [2.75, 3.05) is 14.1 Å². The molecule has 0 aliphatic carbocycles. The topological polar surface area (TPSA) is 80.2 Å². The monoisotopic (exact) mass is 249 g/mol. The van der Waals surface area contributed by atoms with E-state index in [-0.39, 0.29) is 16.6 Å². The summed E-state index contributed by atoms with van der Waals surface area (Å²) < 4.78 is 21.6. The van der Waals surface area contributed by atoms with Gasteiger partial charge in [0.2, 0.25) is 0 Å². The fraction of sp³-hybridized carbons (Fsp3) is 0.286. The largest absolute Gasteiger partial charge is 0.343 e. The van der Waals surface area contributed by atoms with Crippen LogP contribution >= 0.6 is 10.7 Å². The molecule has 1 heterocycles. The lowest BCUT2D eigenvalue weighted by Gasteiger charge is -2.08. The highest BCUT2D eigenvalue weighted by atomic mass is 35.7. The normalized spacial score (nSPS) is 11.1. The van der Waals surface area contributed by atoms with Crippen LogP contribution in [0.2, 0.25) is 0 Å². The summed E-state index contributed by atoms with van der Waals surface area (Å²) in [6.45, 7) is 0. The minimum Gasteiger partial charge on any atom is -0.343 e. The maximum absolute atomic E-state index is 11.3. The van der Waals surface area contributed by atoms with Crippen molar-refractivity contribution in [2.24, 2.45) is 0 Å². The van der Waals surface area contributed by atoms with Crippen molar-refractivity contribution in [3.63, 3.8) is 0 Å². The molecule has 0 N–H and O–H groups in total. The van der Waals surface area contributed by atoms with E-state index in [1.54, 1.807) is 14.1 Å². The Labute approximate surface area is 91.3 Å². The Balaban J connectivity index is 3.06. The lowest BCUT2D eigenvalue weighted by molar-refractivity contribution is 0.0820. The van der Waals surface area contributed by atoms with E-state index in [1.807, 2.05) is 0 Å². The smallest absolute Gasteiger partial charge is 0.280 e. The van der Waals surface area contributed by atoms with Gasteiger partial charge in [0.15, 0.2) is 10.7 Å². The van der Waals surface area contributed by atoms with Crippen LogP contribution < -0.4 is 0 Å². The third-order valence-corrected chi connectivity index (χ3v) is 2.71. The minimum absolute atomic E-state index is 0.0593. The van der Waals surface area contributed by atoms with Crippen LogP contribution in [0, 0.1) is 0 Å². The van der Waals surface area contributed by atoms with Gasteiger partial charge in [-0.25, -0.2) is 8.42 Å². The first kappa shape index (κ1) is 11.9. The summed E-state index contributed by atoms with van der Waals surface area (Å²) in [5.74, 6) is -0.360. The van der Waals surface area contributed by atoms with E-state index in [1.165, 1.54) is 11.0 Å². The second-order valence-corrected chi connectivity index (χ2v) is 5.41. The number of hydrogen-bond acceptors (Lipinski definition) is 5. The molecule has 6 nitrogen and oxygen atoms in total. The highest BCUT2D eigenvalue weighted by Crippen LogP contribution is 2.10. The number of halogens is 1. The van der Waals surface area contributed by atoms with Crippen molar-refractivity contribution in [3.05, 3.63) is 17.8 Å². The molecule has 0 unspecified atom stereocenters. The van der Waals surface area contributed by atoms with Crippen LogP contribution in [0.5, 0.6) is 0 Å². The first-order valence-corrected chi connectivity index (χ1v) is 6.13. The standard InChI is InChI=1S/C7H8ClN3O3S/c1-11(2)7(12)5-3-4-6(10-9-5)15(8,13)14/h3-4H,1-2H3. The zero-order valence-electron chi connectivity index (χ0n) is 8.01. The fourth-order valence-corrected chi connectivity index (χ4v) is 1.41. The van der Waals surface area contributed by atoms with Gasteiger partial charge in [0.1, 0.15) is 0 Å². The molecule has 0 aromatic carbocycles. The summed E-state index contributed by atoms with van der Waals surface area (Å²) in [7, 11) is 4.24. The highest BCUT2D eigenvalue weighted by Gasteiger charge is 2.15. The number of carbonyl (C=O) groups is 1. The molecule has 0 atom stereocenters.